The summed E-state index contributed by atoms with van der Waals surface area (Å²) in [5.41, 5.74) is 3.54. The van der Waals surface area contributed by atoms with Gasteiger partial charge in [-0.3, -0.25) is 9.69 Å². The molecule has 0 N–H and O–H groups in total. The van der Waals surface area contributed by atoms with Gasteiger partial charge in [0, 0.05) is 16.6 Å². The van der Waals surface area contributed by atoms with Gasteiger partial charge in [-0.1, -0.05) is 48.0 Å². The first-order valence-electron chi connectivity index (χ1n) is 9.44. The van der Waals surface area contributed by atoms with Crippen LogP contribution in [0.1, 0.15) is 33.8 Å². The zero-order chi connectivity index (χ0) is 20.2. The van der Waals surface area contributed by atoms with Gasteiger partial charge in [0.15, 0.2) is 0 Å². The van der Waals surface area contributed by atoms with Crippen LogP contribution >= 0.6 is 11.6 Å². The molecule has 0 unspecified atom stereocenters. The van der Waals surface area contributed by atoms with Crippen molar-refractivity contribution in [1.82, 2.24) is 0 Å². The van der Waals surface area contributed by atoms with Gasteiger partial charge in [-0.05, 0) is 53.9 Å². The highest BCUT2D eigenvalue weighted by atomic mass is 35.5. The van der Waals surface area contributed by atoms with Gasteiger partial charge in [0.25, 0.3) is 0 Å². The van der Waals surface area contributed by atoms with Crippen LogP contribution in [0.5, 0.6) is 0 Å². The molecule has 0 saturated heterocycles. The zero-order valence-electron chi connectivity index (χ0n) is 15.8. The second-order valence-corrected chi connectivity index (χ2v) is 7.92. The summed E-state index contributed by atoms with van der Waals surface area (Å²) in [4.78, 5) is 27.4. The number of amides is 1. The molecule has 0 bridgehead atoms. The van der Waals surface area contributed by atoms with Gasteiger partial charge < -0.3 is 4.74 Å². The Labute approximate surface area is 173 Å². The second-order valence-electron chi connectivity index (χ2n) is 7.48. The zero-order valence-corrected chi connectivity index (χ0v) is 16.5. The lowest BCUT2D eigenvalue weighted by Gasteiger charge is -2.19. The minimum Gasteiger partial charge on any atom is -0.465 e. The van der Waals surface area contributed by atoms with Crippen molar-refractivity contribution in [1.29, 1.82) is 0 Å². The fourth-order valence-electron chi connectivity index (χ4n) is 4.51. The molecule has 3 aromatic carbocycles. The third-order valence-electron chi connectivity index (χ3n) is 5.97. The van der Waals surface area contributed by atoms with Crippen molar-refractivity contribution in [2.75, 3.05) is 12.0 Å². The number of carbonyl (C=O) groups is 2. The molecule has 144 valence electrons. The third kappa shape index (κ3) is 2.60. The number of fused-ring (bicyclic) bond motifs is 2. The Hall–Kier alpha value is -3.11. The fourth-order valence-corrected chi connectivity index (χ4v) is 4.64. The van der Waals surface area contributed by atoms with Gasteiger partial charge >= 0.3 is 5.97 Å². The molecule has 0 radical (unpaired) electrons. The van der Waals surface area contributed by atoms with Crippen molar-refractivity contribution in [3.05, 3.63) is 94.5 Å². The average Bonchev–Trinajstić information content (AvgIpc) is 3.45. The molecular weight excluding hydrogens is 386 g/mol. The van der Waals surface area contributed by atoms with E-state index in [9.17, 15) is 9.59 Å². The summed E-state index contributed by atoms with van der Waals surface area (Å²) in [5, 5.41) is 0.683. The third-order valence-corrected chi connectivity index (χ3v) is 6.22. The lowest BCUT2D eigenvalue weighted by atomic mass is 9.92. The molecule has 1 spiro atoms. The highest BCUT2D eigenvalue weighted by Crippen LogP contribution is 2.67. The largest absolute Gasteiger partial charge is 0.465 e. The average molecular weight is 404 g/mol. The molecule has 1 saturated carbocycles. The van der Waals surface area contributed by atoms with Gasteiger partial charge in [-0.2, -0.15) is 0 Å². The maximum Gasteiger partial charge on any atom is 0.337 e. The van der Waals surface area contributed by atoms with E-state index >= 15 is 0 Å². The number of benzene rings is 3. The first-order valence-corrected chi connectivity index (χ1v) is 9.82. The summed E-state index contributed by atoms with van der Waals surface area (Å²) < 4.78 is 4.83. The van der Waals surface area contributed by atoms with Crippen LogP contribution in [-0.4, -0.2) is 19.0 Å². The van der Waals surface area contributed by atoms with E-state index in [4.69, 9.17) is 16.3 Å². The van der Waals surface area contributed by atoms with E-state index in [2.05, 4.69) is 0 Å². The Bertz CT molecular complexity index is 1140. The summed E-state index contributed by atoms with van der Waals surface area (Å²) in [5.74, 6) is -0.269. The molecule has 3 aromatic rings. The lowest BCUT2D eigenvalue weighted by molar-refractivity contribution is -0.119. The molecule has 2 atom stereocenters. The molecule has 4 nitrogen and oxygen atoms in total. The predicted molar refractivity (Wildman–Crippen MR) is 112 cm³/mol. The summed E-state index contributed by atoms with van der Waals surface area (Å²) in [7, 11) is 1.35. The summed E-state index contributed by atoms with van der Waals surface area (Å²) in [6, 6.07) is 22.6. The SMILES string of the molecule is COC(=O)c1cccc(N2C(=O)[C@@]3(C[C@H]3c3ccc(Cl)cc3)c3ccccc32)c1. The molecule has 2 aliphatic rings. The first kappa shape index (κ1) is 18.0. The number of ether oxygens (including phenoxy) is 1. The van der Waals surface area contributed by atoms with Crippen molar-refractivity contribution in [3.63, 3.8) is 0 Å². The van der Waals surface area contributed by atoms with E-state index < -0.39 is 11.4 Å². The summed E-state index contributed by atoms with van der Waals surface area (Å²) in [6.45, 7) is 0. The van der Waals surface area contributed by atoms with Gasteiger partial charge in [0.1, 0.15) is 0 Å². The Morgan fingerprint density at radius 3 is 2.59 bits per heavy atom. The molecule has 0 aromatic heterocycles. The molecule has 1 aliphatic heterocycles. The standard InChI is InChI=1S/C24H18ClNO3/c1-29-22(27)16-5-4-6-18(13-16)26-21-8-3-2-7-19(21)24(23(26)28)14-20(24)15-9-11-17(25)12-10-15/h2-13,20H,14H2,1H3/t20-,24-/m0/s1. The topological polar surface area (TPSA) is 46.6 Å². The van der Waals surface area contributed by atoms with E-state index in [1.165, 1.54) is 7.11 Å². The number of para-hydroxylation sites is 1. The summed E-state index contributed by atoms with van der Waals surface area (Å²) >= 11 is 6.04. The van der Waals surface area contributed by atoms with Crippen LogP contribution in [0, 0.1) is 0 Å². The Kier molecular flexibility index (Phi) is 4.00. The number of rotatable bonds is 3. The predicted octanol–water partition coefficient (Wildman–Crippen LogP) is 5.23. The lowest BCUT2D eigenvalue weighted by Crippen LogP contribution is -2.29. The van der Waals surface area contributed by atoms with E-state index in [1.54, 1.807) is 23.1 Å². The van der Waals surface area contributed by atoms with Crippen LogP contribution in [0.3, 0.4) is 0 Å². The summed E-state index contributed by atoms with van der Waals surface area (Å²) in [6.07, 6.45) is 0.762. The number of hydrogen-bond acceptors (Lipinski definition) is 3. The highest BCUT2D eigenvalue weighted by Gasteiger charge is 2.67. The number of anilines is 2. The Balaban J connectivity index is 1.59. The molecule has 1 aliphatic carbocycles. The maximum atomic E-state index is 13.7. The number of methoxy groups -OCH3 is 1. The maximum absolute atomic E-state index is 13.7. The minimum absolute atomic E-state index is 0.0423. The number of carbonyl (C=O) groups excluding carboxylic acids is 2. The monoisotopic (exact) mass is 403 g/mol. The van der Waals surface area contributed by atoms with E-state index in [0.29, 0.717) is 16.3 Å². The van der Waals surface area contributed by atoms with Crippen LogP contribution in [-0.2, 0) is 14.9 Å². The van der Waals surface area contributed by atoms with Crippen LogP contribution in [0.4, 0.5) is 11.4 Å². The number of esters is 1. The molecule has 1 heterocycles. The van der Waals surface area contributed by atoms with Gasteiger partial charge in [-0.15, -0.1) is 0 Å². The van der Waals surface area contributed by atoms with Gasteiger partial charge in [0.2, 0.25) is 5.91 Å². The number of hydrogen-bond donors (Lipinski definition) is 0. The van der Waals surface area contributed by atoms with Gasteiger partial charge in [0.05, 0.1) is 23.8 Å². The van der Waals surface area contributed by atoms with E-state index in [0.717, 1.165) is 23.2 Å². The van der Waals surface area contributed by atoms with Crippen LogP contribution < -0.4 is 4.90 Å². The van der Waals surface area contributed by atoms with Crippen molar-refractivity contribution in [2.45, 2.75) is 17.8 Å². The van der Waals surface area contributed by atoms with Crippen molar-refractivity contribution < 1.29 is 14.3 Å². The van der Waals surface area contributed by atoms with Gasteiger partial charge in [-0.25, -0.2) is 4.79 Å². The fraction of sp³-hybridized carbons (Fsp3) is 0.167. The van der Waals surface area contributed by atoms with Crippen molar-refractivity contribution in [3.8, 4) is 0 Å². The molecule has 1 amide bonds. The molecule has 5 rings (SSSR count). The smallest absolute Gasteiger partial charge is 0.337 e. The quantitative estimate of drug-likeness (QED) is 0.562. The minimum atomic E-state index is -0.564. The van der Waals surface area contributed by atoms with Crippen molar-refractivity contribution >= 4 is 34.9 Å². The van der Waals surface area contributed by atoms with Crippen LogP contribution in [0.25, 0.3) is 0 Å². The van der Waals surface area contributed by atoms with E-state index in [1.807, 2.05) is 54.6 Å². The van der Waals surface area contributed by atoms with Crippen LogP contribution in [0.15, 0.2) is 72.8 Å². The Morgan fingerprint density at radius 2 is 1.83 bits per heavy atom. The van der Waals surface area contributed by atoms with Crippen LogP contribution in [0.2, 0.25) is 5.02 Å². The molecule has 5 heteroatoms. The molecule has 1 fully saturated rings. The number of nitrogens with zero attached hydrogens (tertiary/aromatic N) is 1. The van der Waals surface area contributed by atoms with Crippen molar-refractivity contribution in [2.24, 2.45) is 0 Å². The molecule has 29 heavy (non-hydrogen) atoms. The number of halogens is 1. The molecular formula is C24H18ClNO3. The first-order chi connectivity index (χ1) is 14.1. The normalized spacial score (nSPS) is 21.9. The highest BCUT2D eigenvalue weighted by molar-refractivity contribution is 6.30. The van der Waals surface area contributed by atoms with E-state index in [-0.39, 0.29) is 11.8 Å². The Morgan fingerprint density at radius 1 is 1.07 bits per heavy atom. The second kappa shape index (κ2) is 6.46.